The van der Waals surface area contributed by atoms with Gasteiger partial charge in [0.1, 0.15) is 17.2 Å². The molecule has 101 heavy (non-hydrogen) atoms. The van der Waals surface area contributed by atoms with Crippen molar-refractivity contribution < 1.29 is 14.2 Å². The van der Waals surface area contributed by atoms with Gasteiger partial charge >= 0.3 is 0 Å². The molecule has 0 aliphatic rings. The van der Waals surface area contributed by atoms with Gasteiger partial charge in [0.05, 0.1) is 54.8 Å². The fraction of sp³-hybridized carbons (Fsp3) is 0.0323. The van der Waals surface area contributed by atoms with Crippen LogP contribution in [0.2, 0.25) is 0 Å². The van der Waals surface area contributed by atoms with Crippen molar-refractivity contribution in [3.8, 4) is 73.1 Å². The van der Waals surface area contributed by atoms with E-state index in [0.717, 1.165) is 101 Å². The van der Waals surface area contributed by atoms with Crippen LogP contribution in [0.25, 0.3) is 120 Å². The van der Waals surface area contributed by atoms with Gasteiger partial charge in [-0.25, -0.2) is 0 Å². The molecule has 8 heteroatoms. The van der Waals surface area contributed by atoms with E-state index in [2.05, 4.69) is 365 Å². The van der Waals surface area contributed by atoms with E-state index in [0.29, 0.717) is 0 Å². The molecule has 0 saturated heterocycles. The SMILES string of the molecule is COc1cc(OC)c2c(c1)c1c(N(c3ccc(-c4ccccc4)cc3)c3ccc(-c4ccccc4)cc3)cccc1n2-c1ccc(-c2ccccc2)cc1.COc1ccc2c(c1)c1c(N(c3ccccc3)c3ccc4sc5ccccc5c4c3)cccc1n2-c1ccc(-c2ccccc2)cc1. The number of thiophene rings is 1. The summed E-state index contributed by atoms with van der Waals surface area (Å²) in [6.07, 6.45) is 0. The molecule has 0 bridgehead atoms. The van der Waals surface area contributed by atoms with Crippen LogP contribution in [0.15, 0.2) is 358 Å². The van der Waals surface area contributed by atoms with Gasteiger partial charge in [-0.1, -0.05) is 218 Å². The monoisotopic (exact) mass is 1320 g/mol. The van der Waals surface area contributed by atoms with E-state index in [1.54, 1.807) is 21.3 Å². The Balaban J connectivity index is 0.000000152. The first-order chi connectivity index (χ1) is 50.0. The highest BCUT2D eigenvalue weighted by atomic mass is 32.1. The third-order valence-corrected chi connectivity index (χ3v) is 20.4. The summed E-state index contributed by atoms with van der Waals surface area (Å²) in [6.45, 7) is 0. The van der Waals surface area contributed by atoms with E-state index in [4.69, 9.17) is 14.2 Å². The second-order valence-electron chi connectivity index (χ2n) is 25.1. The van der Waals surface area contributed by atoms with E-state index in [1.807, 2.05) is 23.5 Å². The van der Waals surface area contributed by atoms with Gasteiger partial charge < -0.3 is 33.1 Å². The van der Waals surface area contributed by atoms with Gasteiger partial charge in [0, 0.05) is 81.9 Å². The molecule has 0 saturated carbocycles. The van der Waals surface area contributed by atoms with Crippen LogP contribution in [0.4, 0.5) is 34.1 Å². The number of para-hydroxylation sites is 1. The van der Waals surface area contributed by atoms with Crippen LogP contribution >= 0.6 is 11.3 Å². The van der Waals surface area contributed by atoms with Crippen LogP contribution in [0.5, 0.6) is 17.2 Å². The molecule has 3 heterocycles. The Hall–Kier alpha value is -12.9. The van der Waals surface area contributed by atoms with E-state index < -0.39 is 0 Å². The summed E-state index contributed by atoms with van der Waals surface area (Å²) in [7, 11) is 5.17. The third-order valence-electron chi connectivity index (χ3n) is 19.3. The second-order valence-corrected chi connectivity index (χ2v) is 26.1. The first-order valence-corrected chi connectivity index (χ1v) is 34.8. The summed E-state index contributed by atoms with van der Waals surface area (Å²) in [4.78, 5) is 4.76. The largest absolute Gasteiger partial charge is 0.497 e. The lowest BCUT2D eigenvalue weighted by Crippen LogP contribution is -2.10. The Morgan fingerprint density at radius 1 is 0.257 bits per heavy atom. The van der Waals surface area contributed by atoms with Crippen molar-refractivity contribution in [1.82, 2.24) is 9.13 Å². The zero-order valence-corrected chi connectivity index (χ0v) is 56.8. The van der Waals surface area contributed by atoms with E-state index in [1.165, 1.54) is 70.1 Å². The van der Waals surface area contributed by atoms with Gasteiger partial charge in [0.25, 0.3) is 0 Å². The summed E-state index contributed by atoms with van der Waals surface area (Å²) in [5.74, 6) is 2.31. The summed E-state index contributed by atoms with van der Waals surface area (Å²) in [5.41, 5.74) is 22.4. The highest BCUT2D eigenvalue weighted by molar-refractivity contribution is 7.25. The predicted octanol–water partition coefficient (Wildman–Crippen LogP) is 25.6. The Kier molecular flexibility index (Phi) is 16.4. The third kappa shape index (κ3) is 11.5. The molecule has 0 spiro atoms. The number of hydrogen-bond acceptors (Lipinski definition) is 6. The van der Waals surface area contributed by atoms with Crippen LogP contribution < -0.4 is 24.0 Å². The van der Waals surface area contributed by atoms with Crippen molar-refractivity contribution in [2.45, 2.75) is 0 Å². The minimum atomic E-state index is 0.735. The number of hydrogen-bond donors (Lipinski definition) is 0. The zero-order valence-electron chi connectivity index (χ0n) is 56.0. The number of nitrogens with zero attached hydrogens (tertiary/aromatic N) is 4. The molecule has 18 rings (SSSR count). The smallest absolute Gasteiger partial charge is 0.147 e. The molecule has 18 aromatic rings. The number of ether oxygens (including phenoxy) is 3. The number of anilines is 6. The van der Waals surface area contributed by atoms with Crippen molar-refractivity contribution in [2.24, 2.45) is 0 Å². The van der Waals surface area contributed by atoms with Crippen molar-refractivity contribution in [1.29, 1.82) is 0 Å². The molecule has 0 atom stereocenters. The minimum Gasteiger partial charge on any atom is -0.497 e. The molecule has 484 valence electrons. The molecule has 0 amide bonds. The summed E-state index contributed by atoms with van der Waals surface area (Å²) < 4.78 is 25.1. The number of aromatic nitrogens is 2. The van der Waals surface area contributed by atoms with Gasteiger partial charge in [-0.15, -0.1) is 11.3 Å². The van der Waals surface area contributed by atoms with E-state index in [9.17, 15) is 0 Å². The molecule has 15 aromatic carbocycles. The maximum Gasteiger partial charge on any atom is 0.147 e. The van der Waals surface area contributed by atoms with E-state index in [-0.39, 0.29) is 0 Å². The van der Waals surface area contributed by atoms with E-state index >= 15 is 0 Å². The Bertz CT molecular complexity index is 5900. The summed E-state index contributed by atoms with van der Waals surface area (Å²) in [5, 5.41) is 7.02. The molecule has 0 unspecified atom stereocenters. The van der Waals surface area contributed by atoms with Gasteiger partial charge in [-0.3, -0.25) is 0 Å². The van der Waals surface area contributed by atoms with Crippen LogP contribution in [-0.4, -0.2) is 30.5 Å². The fourth-order valence-electron chi connectivity index (χ4n) is 14.5. The lowest BCUT2D eigenvalue weighted by atomic mass is 10.0. The number of fused-ring (bicyclic) bond motifs is 9. The molecule has 7 nitrogen and oxygen atoms in total. The highest BCUT2D eigenvalue weighted by Gasteiger charge is 2.26. The molecule has 0 aliphatic carbocycles. The average Bonchev–Trinajstić information content (AvgIpc) is 1.58. The van der Waals surface area contributed by atoms with Gasteiger partial charge in [-0.05, 0) is 178 Å². The van der Waals surface area contributed by atoms with Crippen LogP contribution in [0.3, 0.4) is 0 Å². The van der Waals surface area contributed by atoms with Crippen LogP contribution in [0, 0.1) is 0 Å². The van der Waals surface area contributed by atoms with Gasteiger partial charge in [0.15, 0.2) is 0 Å². The number of methoxy groups -OCH3 is 3. The van der Waals surface area contributed by atoms with Gasteiger partial charge in [-0.2, -0.15) is 0 Å². The lowest BCUT2D eigenvalue weighted by Gasteiger charge is -2.27. The van der Waals surface area contributed by atoms with Crippen LogP contribution in [0.1, 0.15) is 0 Å². The van der Waals surface area contributed by atoms with Crippen molar-refractivity contribution >= 4 is 109 Å². The normalized spacial score (nSPS) is 11.3. The molecular formula is C93H68N4O3S. The number of rotatable bonds is 15. The highest BCUT2D eigenvalue weighted by Crippen LogP contribution is 2.50. The Labute approximate surface area is 591 Å². The van der Waals surface area contributed by atoms with Gasteiger partial charge in [0.2, 0.25) is 0 Å². The molecule has 3 aromatic heterocycles. The summed E-state index contributed by atoms with van der Waals surface area (Å²) >= 11 is 1.85. The van der Waals surface area contributed by atoms with Crippen molar-refractivity contribution in [2.75, 3.05) is 31.1 Å². The average molecular weight is 1320 g/mol. The van der Waals surface area contributed by atoms with Crippen molar-refractivity contribution in [3.05, 3.63) is 358 Å². The molecule has 0 radical (unpaired) electrons. The lowest BCUT2D eigenvalue weighted by molar-refractivity contribution is 0.397. The van der Waals surface area contributed by atoms with Crippen molar-refractivity contribution in [3.63, 3.8) is 0 Å². The maximum absolute atomic E-state index is 6.12. The number of benzene rings is 15. The Morgan fingerprint density at radius 2 is 0.663 bits per heavy atom. The quantitative estimate of drug-likeness (QED) is 0.102. The van der Waals surface area contributed by atoms with Crippen LogP contribution in [-0.2, 0) is 0 Å². The minimum absolute atomic E-state index is 0.735. The fourth-order valence-corrected chi connectivity index (χ4v) is 15.6. The topological polar surface area (TPSA) is 44.0 Å². The maximum atomic E-state index is 6.12. The molecule has 0 aliphatic heterocycles. The molecule has 0 N–H and O–H groups in total. The second kappa shape index (κ2) is 26.9. The first-order valence-electron chi connectivity index (χ1n) is 34.0. The summed E-state index contributed by atoms with van der Waals surface area (Å²) in [6, 6.07) is 127. The standard InChI is InChI=1S/C50H38N2O2.C43H30N2OS/c1-53-44-33-45-49-46(19-12-20-47(49)52(50(45)48(34-44)54-2)43-31-25-40(26-32-43)37-17-10-5-11-18-37)51(41-27-21-38(22-28-41)35-13-6-3-7-14-35)42-29-23-39(24-30-42)36-15-8-4-9-16-36;1-46-34-24-25-38-37(28-34)43-39(16-10-17-40(43)45(38)32-21-19-30(20-22-32)29-11-4-2-5-12-29)44(31-13-6-3-7-14-31)33-23-26-42-36(27-33)35-15-8-9-18-41(35)47-42/h3-34H,1-2H3;2-28H,1H3. The predicted molar refractivity (Wildman–Crippen MR) is 425 cm³/mol. The zero-order chi connectivity index (χ0) is 67.8. The molecule has 0 fully saturated rings. The first kappa shape index (κ1) is 61.7. The molecular weight excluding hydrogens is 1250 g/mol. The Morgan fingerprint density at radius 3 is 1.18 bits per heavy atom.